The summed E-state index contributed by atoms with van der Waals surface area (Å²) in [4.78, 5) is 11.9. The number of rotatable bonds is 8. The standard InChI is InChI=1S/C18H21ClN2O4S/c1-13-7-8-14(11-16(13)25-2)12-20-18(22)9-10-21-26(23,24)17-6-4-3-5-15(17)19/h3-8,11,21H,9-10,12H2,1-2H3,(H,20,22). The van der Waals surface area contributed by atoms with Crippen LogP contribution in [0.25, 0.3) is 0 Å². The summed E-state index contributed by atoms with van der Waals surface area (Å²) in [5.74, 6) is 0.496. The summed E-state index contributed by atoms with van der Waals surface area (Å²) < 4.78 is 32.0. The van der Waals surface area contributed by atoms with Gasteiger partial charge in [-0.05, 0) is 36.2 Å². The van der Waals surface area contributed by atoms with Crippen LogP contribution in [-0.4, -0.2) is 28.0 Å². The molecule has 2 aromatic carbocycles. The Kier molecular flexibility index (Phi) is 7.02. The molecule has 0 bridgehead atoms. The zero-order valence-corrected chi connectivity index (χ0v) is 16.2. The molecule has 6 nitrogen and oxygen atoms in total. The fourth-order valence-corrected chi connectivity index (χ4v) is 3.85. The number of carbonyl (C=O) groups is 1. The molecule has 0 saturated carbocycles. The number of amides is 1. The number of benzene rings is 2. The summed E-state index contributed by atoms with van der Waals surface area (Å²) in [6.07, 6.45) is 0.0205. The van der Waals surface area contributed by atoms with Crippen molar-refractivity contribution >= 4 is 27.5 Å². The smallest absolute Gasteiger partial charge is 0.242 e. The average molecular weight is 397 g/mol. The van der Waals surface area contributed by atoms with E-state index in [9.17, 15) is 13.2 Å². The number of nitrogens with one attached hydrogen (secondary N) is 2. The van der Waals surface area contributed by atoms with Gasteiger partial charge in [0.25, 0.3) is 0 Å². The van der Waals surface area contributed by atoms with Crippen LogP contribution < -0.4 is 14.8 Å². The van der Waals surface area contributed by atoms with E-state index in [-0.39, 0.29) is 28.8 Å². The lowest BCUT2D eigenvalue weighted by atomic mass is 10.1. The normalized spacial score (nSPS) is 11.2. The van der Waals surface area contributed by atoms with Gasteiger partial charge in [-0.25, -0.2) is 13.1 Å². The molecule has 2 N–H and O–H groups in total. The summed E-state index contributed by atoms with van der Waals surface area (Å²) in [5, 5.41) is 2.89. The highest BCUT2D eigenvalue weighted by Gasteiger charge is 2.17. The van der Waals surface area contributed by atoms with Gasteiger partial charge >= 0.3 is 0 Å². The molecule has 0 heterocycles. The Bertz CT molecular complexity index is 885. The molecule has 0 aliphatic heterocycles. The number of carbonyl (C=O) groups excluding carboxylic acids is 1. The van der Waals surface area contributed by atoms with E-state index in [1.807, 2.05) is 25.1 Å². The number of hydrogen-bond acceptors (Lipinski definition) is 4. The first-order valence-corrected chi connectivity index (χ1v) is 9.84. The fourth-order valence-electron chi connectivity index (χ4n) is 2.30. The first-order chi connectivity index (χ1) is 12.3. The molecule has 0 aliphatic carbocycles. The number of aryl methyl sites for hydroxylation is 1. The van der Waals surface area contributed by atoms with Crippen LogP contribution >= 0.6 is 11.6 Å². The Hall–Kier alpha value is -2.09. The minimum atomic E-state index is -3.75. The van der Waals surface area contributed by atoms with Gasteiger partial charge < -0.3 is 10.1 Å². The molecule has 0 unspecified atom stereocenters. The maximum absolute atomic E-state index is 12.2. The third-order valence-electron chi connectivity index (χ3n) is 3.73. The fraction of sp³-hybridized carbons (Fsp3) is 0.278. The molecule has 26 heavy (non-hydrogen) atoms. The Labute approximate surface area is 158 Å². The van der Waals surface area contributed by atoms with Crippen LogP contribution in [0.15, 0.2) is 47.4 Å². The third kappa shape index (κ3) is 5.45. The van der Waals surface area contributed by atoms with Crippen LogP contribution in [0.2, 0.25) is 5.02 Å². The van der Waals surface area contributed by atoms with E-state index < -0.39 is 10.0 Å². The lowest BCUT2D eigenvalue weighted by Crippen LogP contribution is -2.30. The summed E-state index contributed by atoms with van der Waals surface area (Å²) in [6, 6.07) is 11.8. The van der Waals surface area contributed by atoms with Gasteiger partial charge in [-0.15, -0.1) is 0 Å². The number of hydrogen-bond donors (Lipinski definition) is 2. The highest BCUT2D eigenvalue weighted by molar-refractivity contribution is 7.89. The Morgan fingerprint density at radius 3 is 2.62 bits per heavy atom. The van der Waals surface area contributed by atoms with Crippen LogP contribution in [0.1, 0.15) is 17.5 Å². The molecule has 1 amide bonds. The van der Waals surface area contributed by atoms with Crippen molar-refractivity contribution in [2.45, 2.75) is 24.8 Å². The van der Waals surface area contributed by atoms with E-state index in [0.29, 0.717) is 6.54 Å². The van der Waals surface area contributed by atoms with Gasteiger partial charge in [0.05, 0.1) is 12.1 Å². The minimum absolute atomic E-state index is 0.00572. The number of halogens is 1. The molecule has 0 aliphatic rings. The van der Waals surface area contributed by atoms with Crippen molar-refractivity contribution in [3.8, 4) is 5.75 Å². The Balaban J connectivity index is 1.83. The van der Waals surface area contributed by atoms with Crippen molar-refractivity contribution in [2.75, 3.05) is 13.7 Å². The molecule has 0 radical (unpaired) electrons. The maximum Gasteiger partial charge on any atom is 0.242 e. The SMILES string of the molecule is COc1cc(CNC(=O)CCNS(=O)(=O)c2ccccc2Cl)ccc1C. The van der Waals surface area contributed by atoms with E-state index in [2.05, 4.69) is 10.0 Å². The van der Waals surface area contributed by atoms with Gasteiger partial charge in [0.15, 0.2) is 0 Å². The average Bonchev–Trinajstić information content (AvgIpc) is 2.61. The second-order valence-electron chi connectivity index (χ2n) is 5.66. The molecule has 0 fully saturated rings. The maximum atomic E-state index is 12.2. The van der Waals surface area contributed by atoms with Crippen LogP contribution in [0.4, 0.5) is 0 Å². The molecule has 140 valence electrons. The molecule has 0 atom stereocenters. The monoisotopic (exact) mass is 396 g/mol. The third-order valence-corrected chi connectivity index (χ3v) is 5.69. The predicted octanol–water partition coefficient (Wildman–Crippen LogP) is 2.64. The van der Waals surface area contributed by atoms with Crippen molar-refractivity contribution in [1.29, 1.82) is 0 Å². The van der Waals surface area contributed by atoms with Crippen molar-refractivity contribution in [3.05, 3.63) is 58.6 Å². The van der Waals surface area contributed by atoms with E-state index in [4.69, 9.17) is 16.3 Å². The van der Waals surface area contributed by atoms with Crippen molar-refractivity contribution < 1.29 is 17.9 Å². The van der Waals surface area contributed by atoms with Gasteiger partial charge in [-0.1, -0.05) is 35.9 Å². The zero-order valence-electron chi connectivity index (χ0n) is 14.6. The van der Waals surface area contributed by atoms with Gasteiger partial charge in [0, 0.05) is 19.5 Å². The molecule has 0 saturated heterocycles. The van der Waals surface area contributed by atoms with Crippen LogP contribution in [0, 0.1) is 6.92 Å². The van der Waals surface area contributed by atoms with Crippen LogP contribution in [0.3, 0.4) is 0 Å². The molecular formula is C18H21ClN2O4S. The molecule has 2 rings (SSSR count). The topological polar surface area (TPSA) is 84.5 Å². The molecular weight excluding hydrogens is 376 g/mol. The van der Waals surface area contributed by atoms with Gasteiger partial charge in [0.2, 0.25) is 15.9 Å². The van der Waals surface area contributed by atoms with Crippen molar-refractivity contribution in [1.82, 2.24) is 10.0 Å². The molecule has 0 aromatic heterocycles. The minimum Gasteiger partial charge on any atom is -0.496 e. The van der Waals surface area contributed by atoms with Crippen LogP contribution in [0.5, 0.6) is 5.75 Å². The van der Waals surface area contributed by atoms with E-state index in [1.54, 1.807) is 19.2 Å². The van der Waals surface area contributed by atoms with E-state index in [0.717, 1.165) is 16.9 Å². The molecule has 2 aromatic rings. The first kappa shape index (κ1) is 20.2. The number of methoxy groups -OCH3 is 1. The lowest BCUT2D eigenvalue weighted by Gasteiger charge is -2.10. The van der Waals surface area contributed by atoms with E-state index in [1.165, 1.54) is 12.1 Å². The molecule has 0 spiro atoms. The molecule has 8 heteroatoms. The van der Waals surface area contributed by atoms with Gasteiger partial charge in [0.1, 0.15) is 10.6 Å². The second kappa shape index (κ2) is 9.02. The van der Waals surface area contributed by atoms with Gasteiger partial charge in [-0.3, -0.25) is 4.79 Å². The first-order valence-electron chi connectivity index (χ1n) is 7.98. The summed E-state index contributed by atoms with van der Waals surface area (Å²) in [6.45, 7) is 2.26. The Morgan fingerprint density at radius 1 is 1.19 bits per heavy atom. The highest BCUT2D eigenvalue weighted by atomic mass is 35.5. The van der Waals surface area contributed by atoms with Crippen LogP contribution in [-0.2, 0) is 21.4 Å². The van der Waals surface area contributed by atoms with Crippen molar-refractivity contribution in [2.24, 2.45) is 0 Å². The Morgan fingerprint density at radius 2 is 1.92 bits per heavy atom. The van der Waals surface area contributed by atoms with E-state index >= 15 is 0 Å². The lowest BCUT2D eigenvalue weighted by molar-refractivity contribution is -0.121. The quantitative estimate of drug-likeness (QED) is 0.718. The summed E-state index contributed by atoms with van der Waals surface area (Å²) >= 11 is 5.89. The second-order valence-corrected chi connectivity index (χ2v) is 7.80. The zero-order chi connectivity index (χ0) is 19.2. The van der Waals surface area contributed by atoms with Gasteiger partial charge in [-0.2, -0.15) is 0 Å². The summed E-state index contributed by atoms with van der Waals surface area (Å²) in [5.41, 5.74) is 1.91. The highest BCUT2D eigenvalue weighted by Crippen LogP contribution is 2.20. The number of sulfonamides is 1. The summed E-state index contributed by atoms with van der Waals surface area (Å²) in [7, 11) is -2.15. The number of ether oxygens (including phenoxy) is 1. The predicted molar refractivity (Wildman–Crippen MR) is 101 cm³/mol. The largest absolute Gasteiger partial charge is 0.496 e. The van der Waals surface area contributed by atoms with Crippen molar-refractivity contribution in [3.63, 3.8) is 0 Å².